The van der Waals surface area contributed by atoms with Crippen LogP contribution in [0.2, 0.25) is 0 Å². The Bertz CT molecular complexity index is 596. The van der Waals surface area contributed by atoms with Crippen molar-refractivity contribution in [1.29, 1.82) is 0 Å². The van der Waals surface area contributed by atoms with Crippen LogP contribution < -0.4 is 10.5 Å². The monoisotopic (exact) mass is 320 g/mol. The minimum atomic E-state index is -0.851. The summed E-state index contributed by atoms with van der Waals surface area (Å²) in [6.45, 7) is 2.53. The van der Waals surface area contributed by atoms with Crippen molar-refractivity contribution in [2.45, 2.75) is 25.9 Å². The van der Waals surface area contributed by atoms with Crippen molar-refractivity contribution in [3.05, 3.63) is 29.8 Å². The predicted molar refractivity (Wildman–Crippen MR) is 81.8 cm³/mol. The molecule has 7 heteroatoms. The number of nitrogens with two attached hydrogens (primary N) is 1. The van der Waals surface area contributed by atoms with Crippen LogP contribution in [0.15, 0.2) is 24.3 Å². The molecule has 23 heavy (non-hydrogen) atoms. The lowest BCUT2D eigenvalue weighted by Gasteiger charge is -2.20. The van der Waals surface area contributed by atoms with Crippen LogP contribution in [0.25, 0.3) is 0 Å². The Morgan fingerprint density at radius 2 is 1.87 bits per heavy atom. The van der Waals surface area contributed by atoms with Crippen molar-refractivity contribution in [2.75, 3.05) is 19.7 Å². The van der Waals surface area contributed by atoms with Crippen LogP contribution in [0.5, 0.6) is 5.75 Å². The standard InChI is InChI=1S/C16H20N2O5/c1-11(16(21)18-8-4-5-9-18)23-14(19)10-22-13-7-3-2-6-12(13)15(17)20/h2-3,6-7,11H,4-5,8-10H2,1H3,(H2,17,20)/t11-/m0/s1. The summed E-state index contributed by atoms with van der Waals surface area (Å²) in [6.07, 6.45) is 1.09. The van der Waals surface area contributed by atoms with Gasteiger partial charge in [-0.1, -0.05) is 12.1 Å². The van der Waals surface area contributed by atoms with Crippen LogP contribution in [0.4, 0.5) is 0 Å². The van der Waals surface area contributed by atoms with E-state index in [9.17, 15) is 14.4 Å². The number of carbonyl (C=O) groups is 3. The summed E-state index contributed by atoms with van der Waals surface area (Å²) in [5, 5.41) is 0. The van der Waals surface area contributed by atoms with Gasteiger partial charge in [-0.2, -0.15) is 0 Å². The molecule has 0 radical (unpaired) electrons. The molecule has 1 fully saturated rings. The quantitative estimate of drug-likeness (QED) is 0.779. The third kappa shape index (κ3) is 4.45. The molecule has 0 saturated carbocycles. The summed E-state index contributed by atoms with van der Waals surface area (Å²) in [6, 6.07) is 6.34. The molecule has 0 bridgehead atoms. The van der Waals surface area contributed by atoms with Gasteiger partial charge in [0, 0.05) is 13.1 Å². The fraction of sp³-hybridized carbons (Fsp3) is 0.438. The van der Waals surface area contributed by atoms with E-state index in [4.69, 9.17) is 15.2 Å². The number of para-hydroxylation sites is 1. The maximum absolute atomic E-state index is 12.0. The Morgan fingerprint density at radius 1 is 1.22 bits per heavy atom. The minimum Gasteiger partial charge on any atom is -0.481 e. The number of carbonyl (C=O) groups excluding carboxylic acids is 3. The van der Waals surface area contributed by atoms with Crippen molar-refractivity contribution >= 4 is 17.8 Å². The van der Waals surface area contributed by atoms with Gasteiger partial charge in [0.1, 0.15) is 5.75 Å². The van der Waals surface area contributed by atoms with Gasteiger partial charge in [-0.15, -0.1) is 0 Å². The molecule has 1 aliphatic rings. The molecular formula is C16H20N2O5. The Hall–Kier alpha value is -2.57. The average Bonchev–Trinajstić information content (AvgIpc) is 3.06. The van der Waals surface area contributed by atoms with E-state index in [0.29, 0.717) is 13.1 Å². The molecule has 1 saturated heterocycles. The topological polar surface area (TPSA) is 98.9 Å². The zero-order valence-electron chi connectivity index (χ0n) is 13.0. The highest BCUT2D eigenvalue weighted by molar-refractivity contribution is 5.95. The summed E-state index contributed by atoms with van der Waals surface area (Å²) in [5.41, 5.74) is 5.41. The molecule has 0 aromatic heterocycles. The molecule has 0 aliphatic carbocycles. The van der Waals surface area contributed by atoms with Crippen LogP contribution in [0.3, 0.4) is 0 Å². The second kappa shape index (κ2) is 7.62. The fourth-order valence-corrected chi connectivity index (χ4v) is 2.41. The largest absolute Gasteiger partial charge is 0.481 e. The van der Waals surface area contributed by atoms with Gasteiger partial charge in [0.2, 0.25) is 0 Å². The van der Waals surface area contributed by atoms with E-state index >= 15 is 0 Å². The fourth-order valence-electron chi connectivity index (χ4n) is 2.41. The molecule has 124 valence electrons. The average molecular weight is 320 g/mol. The van der Waals surface area contributed by atoms with Crippen molar-refractivity contribution in [2.24, 2.45) is 5.73 Å². The van der Waals surface area contributed by atoms with Gasteiger partial charge in [0.25, 0.3) is 11.8 Å². The lowest BCUT2D eigenvalue weighted by molar-refractivity contribution is -0.160. The van der Waals surface area contributed by atoms with Crippen molar-refractivity contribution < 1.29 is 23.9 Å². The van der Waals surface area contributed by atoms with Gasteiger partial charge < -0.3 is 20.1 Å². The van der Waals surface area contributed by atoms with E-state index in [-0.39, 0.29) is 17.2 Å². The molecule has 2 N–H and O–H groups in total. The molecule has 1 aromatic rings. The van der Waals surface area contributed by atoms with E-state index in [1.165, 1.54) is 19.1 Å². The summed E-state index contributed by atoms with van der Waals surface area (Å²) < 4.78 is 10.3. The molecule has 7 nitrogen and oxygen atoms in total. The molecule has 0 unspecified atom stereocenters. The first kappa shape index (κ1) is 16.8. The highest BCUT2D eigenvalue weighted by Crippen LogP contribution is 2.17. The Morgan fingerprint density at radius 3 is 2.52 bits per heavy atom. The zero-order valence-corrected chi connectivity index (χ0v) is 13.0. The third-order valence-electron chi connectivity index (χ3n) is 3.57. The molecular weight excluding hydrogens is 300 g/mol. The SMILES string of the molecule is C[C@H](OC(=O)COc1ccccc1C(N)=O)C(=O)N1CCCC1. The Kier molecular flexibility index (Phi) is 5.56. The summed E-state index contributed by atoms with van der Waals surface area (Å²) >= 11 is 0. The van der Waals surface area contributed by atoms with Gasteiger partial charge >= 0.3 is 5.97 Å². The van der Waals surface area contributed by atoms with E-state index in [0.717, 1.165) is 12.8 Å². The first-order chi connectivity index (χ1) is 11.0. The smallest absolute Gasteiger partial charge is 0.344 e. The molecule has 1 heterocycles. The third-order valence-corrected chi connectivity index (χ3v) is 3.57. The van der Waals surface area contributed by atoms with Gasteiger partial charge in [0.15, 0.2) is 12.7 Å². The number of esters is 1. The van der Waals surface area contributed by atoms with Gasteiger partial charge in [-0.3, -0.25) is 9.59 Å². The second-order valence-electron chi connectivity index (χ2n) is 5.31. The number of hydrogen-bond donors (Lipinski definition) is 1. The van der Waals surface area contributed by atoms with Gasteiger partial charge in [0.05, 0.1) is 5.56 Å². The number of ether oxygens (including phenoxy) is 2. The number of benzene rings is 1. The number of likely N-dealkylation sites (tertiary alicyclic amines) is 1. The zero-order chi connectivity index (χ0) is 16.8. The molecule has 2 amide bonds. The lowest BCUT2D eigenvalue weighted by atomic mass is 10.2. The van der Waals surface area contributed by atoms with E-state index < -0.39 is 24.6 Å². The first-order valence-electron chi connectivity index (χ1n) is 7.49. The Balaban J connectivity index is 1.85. The number of hydrogen-bond acceptors (Lipinski definition) is 5. The number of amides is 2. The highest BCUT2D eigenvalue weighted by Gasteiger charge is 2.26. The lowest BCUT2D eigenvalue weighted by Crippen LogP contribution is -2.38. The Labute approximate surface area is 134 Å². The summed E-state index contributed by atoms with van der Waals surface area (Å²) in [5.74, 6) is -1.32. The molecule has 0 spiro atoms. The molecule has 1 atom stereocenters. The normalized spacial score (nSPS) is 15.1. The van der Waals surface area contributed by atoms with E-state index in [1.54, 1.807) is 17.0 Å². The maximum Gasteiger partial charge on any atom is 0.344 e. The minimum absolute atomic E-state index is 0.182. The van der Waals surface area contributed by atoms with Crippen molar-refractivity contribution in [3.63, 3.8) is 0 Å². The number of nitrogens with zero attached hydrogens (tertiary/aromatic N) is 1. The molecule has 2 rings (SSSR count). The van der Waals surface area contributed by atoms with Crippen LogP contribution in [0.1, 0.15) is 30.1 Å². The molecule has 1 aliphatic heterocycles. The van der Waals surface area contributed by atoms with Crippen LogP contribution in [-0.2, 0) is 14.3 Å². The first-order valence-corrected chi connectivity index (χ1v) is 7.49. The van der Waals surface area contributed by atoms with Crippen molar-refractivity contribution in [3.8, 4) is 5.75 Å². The second-order valence-corrected chi connectivity index (χ2v) is 5.31. The summed E-state index contributed by atoms with van der Waals surface area (Å²) in [4.78, 5) is 36.8. The van der Waals surface area contributed by atoms with Crippen LogP contribution in [-0.4, -0.2) is 48.5 Å². The molecule has 1 aromatic carbocycles. The van der Waals surface area contributed by atoms with Crippen LogP contribution >= 0.6 is 0 Å². The van der Waals surface area contributed by atoms with E-state index in [2.05, 4.69) is 0 Å². The van der Waals surface area contributed by atoms with Crippen molar-refractivity contribution in [1.82, 2.24) is 4.90 Å². The number of primary amides is 1. The van der Waals surface area contributed by atoms with Crippen LogP contribution in [0, 0.1) is 0 Å². The van der Waals surface area contributed by atoms with Gasteiger partial charge in [-0.05, 0) is 31.9 Å². The van der Waals surface area contributed by atoms with E-state index in [1.807, 2.05) is 0 Å². The summed E-state index contributed by atoms with van der Waals surface area (Å²) in [7, 11) is 0. The van der Waals surface area contributed by atoms with Gasteiger partial charge in [-0.25, -0.2) is 4.79 Å². The number of rotatable bonds is 6. The predicted octanol–water partition coefficient (Wildman–Crippen LogP) is 0.718. The maximum atomic E-state index is 12.0. The highest BCUT2D eigenvalue weighted by atomic mass is 16.6.